The van der Waals surface area contributed by atoms with Crippen molar-refractivity contribution in [3.8, 4) is 0 Å². The highest BCUT2D eigenvalue weighted by molar-refractivity contribution is 9.10. The first-order valence-electron chi connectivity index (χ1n) is 5.66. The summed E-state index contributed by atoms with van der Waals surface area (Å²) in [6.07, 6.45) is 1.52. The van der Waals surface area contributed by atoms with Crippen molar-refractivity contribution in [2.24, 2.45) is 4.99 Å². The Morgan fingerprint density at radius 3 is 2.55 bits per heavy atom. The normalized spacial score (nSPS) is 16.4. The van der Waals surface area contributed by atoms with Gasteiger partial charge in [0.05, 0.1) is 0 Å². The molecular weight excluding hydrogens is 346 g/mol. The summed E-state index contributed by atoms with van der Waals surface area (Å²) in [7, 11) is 0. The summed E-state index contributed by atoms with van der Waals surface area (Å²) in [5.41, 5.74) is 0.878. The maximum absolute atomic E-state index is 11.8. The molecule has 20 heavy (non-hydrogen) atoms. The number of halogens is 2. The van der Waals surface area contributed by atoms with Crippen molar-refractivity contribution in [2.75, 3.05) is 0 Å². The van der Waals surface area contributed by atoms with Crippen LogP contribution in [0.2, 0.25) is 5.02 Å². The number of benzene rings is 1. The number of cyclic esters (lactones) is 1. The Kier molecular flexibility index (Phi) is 3.46. The monoisotopic (exact) mass is 351 g/mol. The molecule has 0 saturated carbocycles. The number of carbonyl (C=O) groups excluding carboxylic acids is 1. The minimum absolute atomic E-state index is 0.191. The first-order valence-corrected chi connectivity index (χ1v) is 6.83. The van der Waals surface area contributed by atoms with E-state index in [4.69, 9.17) is 20.8 Å². The van der Waals surface area contributed by atoms with E-state index in [9.17, 15) is 4.79 Å². The zero-order valence-corrected chi connectivity index (χ0v) is 12.3. The number of carbonyl (C=O) groups is 1. The molecule has 0 radical (unpaired) electrons. The second kappa shape index (κ2) is 5.26. The van der Waals surface area contributed by atoms with Crippen LogP contribution in [0, 0.1) is 0 Å². The van der Waals surface area contributed by atoms with Gasteiger partial charge in [0.15, 0.2) is 10.4 Å². The third-order valence-corrected chi connectivity index (χ3v) is 3.26. The number of nitrogens with zero attached hydrogens (tertiary/aromatic N) is 1. The molecule has 4 nitrogen and oxygen atoms in total. The molecule has 6 heteroatoms. The van der Waals surface area contributed by atoms with Crippen molar-refractivity contribution >= 4 is 45.5 Å². The van der Waals surface area contributed by atoms with Crippen LogP contribution in [0.25, 0.3) is 6.08 Å². The highest BCUT2D eigenvalue weighted by Gasteiger charge is 2.24. The van der Waals surface area contributed by atoms with Gasteiger partial charge in [-0.25, -0.2) is 9.79 Å². The predicted molar refractivity (Wildman–Crippen MR) is 78.5 cm³/mol. The van der Waals surface area contributed by atoms with Crippen molar-refractivity contribution < 1.29 is 13.9 Å². The van der Waals surface area contributed by atoms with Crippen LogP contribution < -0.4 is 0 Å². The van der Waals surface area contributed by atoms with Gasteiger partial charge in [-0.2, -0.15) is 0 Å². The number of hydrogen-bond acceptors (Lipinski definition) is 4. The van der Waals surface area contributed by atoms with E-state index in [1.165, 1.54) is 6.08 Å². The lowest BCUT2D eigenvalue weighted by atomic mass is 10.2. The van der Waals surface area contributed by atoms with Crippen molar-refractivity contribution in [2.45, 2.75) is 0 Å². The highest BCUT2D eigenvalue weighted by atomic mass is 79.9. The molecule has 1 aliphatic heterocycles. The van der Waals surface area contributed by atoms with Gasteiger partial charge in [-0.05, 0) is 52.3 Å². The fourth-order valence-corrected chi connectivity index (χ4v) is 2.11. The average Bonchev–Trinajstić information content (AvgIpc) is 2.98. The standard InChI is InChI=1S/C14H7BrClNO3/c15-12-6-5-10(19-12)7-11-14(18)20-13(17-11)8-1-3-9(16)4-2-8/h1-7H/b11-7+. The lowest BCUT2D eigenvalue weighted by Crippen LogP contribution is -2.04. The van der Waals surface area contributed by atoms with Crippen molar-refractivity contribution in [3.63, 3.8) is 0 Å². The third-order valence-electron chi connectivity index (χ3n) is 2.58. The topological polar surface area (TPSA) is 51.8 Å². The minimum atomic E-state index is -0.512. The van der Waals surface area contributed by atoms with Gasteiger partial charge in [-0.3, -0.25) is 0 Å². The molecule has 2 heterocycles. The first-order chi connectivity index (χ1) is 9.61. The SMILES string of the molecule is O=C1OC(c2ccc(Cl)cc2)=N/C1=C/c1ccc(Br)o1. The highest BCUT2D eigenvalue weighted by Crippen LogP contribution is 2.22. The van der Waals surface area contributed by atoms with Gasteiger partial charge >= 0.3 is 5.97 Å². The first kappa shape index (κ1) is 13.1. The zero-order valence-electron chi connectivity index (χ0n) is 9.97. The zero-order chi connectivity index (χ0) is 14.1. The number of aliphatic imine (C=N–C) groups is 1. The number of rotatable bonds is 2. The van der Waals surface area contributed by atoms with Gasteiger partial charge in [0, 0.05) is 16.7 Å². The summed E-state index contributed by atoms with van der Waals surface area (Å²) in [5.74, 6) is 0.260. The molecule has 1 aromatic carbocycles. The number of ether oxygens (including phenoxy) is 1. The quantitative estimate of drug-likeness (QED) is 0.605. The summed E-state index contributed by atoms with van der Waals surface area (Å²) in [4.78, 5) is 15.9. The Morgan fingerprint density at radius 2 is 1.90 bits per heavy atom. The predicted octanol–water partition coefficient (Wildman–Crippen LogP) is 4.04. The van der Waals surface area contributed by atoms with Gasteiger partial charge in [-0.1, -0.05) is 11.6 Å². The van der Waals surface area contributed by atoms with E-state index in [1.54, 1.807) is 36.4 Å². The molecule has 0 aliphatic carbocycles. The smallest absolute Gasteiger partial charge is 0.363 e. The molecule has 0 N–H and O–H groups in total. The van der Waals surface area contributed by atoms with Crippen LogP contribution >= 0.6 is 27.5 Å². The van der Waals surface area contributed by atoms with Crippen molar-refractivity contribution in [1.29, 1.82) is 0 Å². The summed E-state index contributed by atoms with van der Waals surface area (Å²) in [6, 6.07) is 10.3. The summed E-state index contributed by atoms with van der Waals surface area (Å²) < 4.78 is 11.0. The number of hydrogen-bond donors (Lipinski definition) is 0. The Balaban J connectivity index is 1.92. The van der Waals surface area contributed by atoms with Crippen molar-refractivity contribution in [1.82, 2.24) is 0 Å². The lowest BCUT2D eigenvalue weighted by molar-refractivity contribution is -0.129. The average molecular weight is 353 g/mol. The molecule has 0 bridgehead atoms. The van der Waals surface area contributed by atoms with Crippen LogP contribution in [0.15, 0.2) is 56.2 Å². The Bertz CT molecular complexity index is 731. The molecule has 0 spiro atoms. The summed E-state index contributed by atoms with van der Waals surface area (Å²) in [6.45, 7) is 0. The van der Waals surface area contributed by atoms with E-state index in [-0.39, 0.29) is 11.6 Å². The molecule has 0 fully saturated rings. The van der Waals surface area contributed by atoms with Crippen LogP contribution in [-0.4, -0.2) is 11.9 Å². The van der Waals surface area contributed by atoms with Gasteiger partial charge < -0.3 is 9.15 Å². The van der Waals surface area contributed by atoms with Crippen LogP contribution in [0.4, 0.5) is 0 Å². The maximum Gasteiger partial charge on any atom is 0.363 e. The molecule has 100 valence electrons. The fourth-order valence-electron chi connectivity index (χ4n) is 1.67. The Morgan fingerprint density at radius 1 is 1.15 bits per heavy atom. The van der Waals surface area contributed by atoms with E-state index in [1.807, 2.05) is 0 Å². The molecule has 2 aromatic rings. The Hall–Kier alpha value is -1.85. The summed E-state index contributed by atoms with van der Waals surface area (Å²) >= 11 is 9.00. The molecule has 0 unspecified atom stereocenters. The molecule has 1 aromatic heterocycles. The van der Waals surface area contributed by atoms with Gasteiger partial charge in [0.1, 0.15) is 5.76 Å². The molecule has 0 atom stereocenters. The number of esters is 1. The van der Waals surface area contributed by atoms with E-state index in [2.05, 4.69) is 20.9 Å². The van der Waals surface area contributed by atoms with E-state index < -0.39 is 5.97 Å². The second-order valence-electron chi connectivity index (χ2n) is 3.98. The van der Waals surface area contributed by atoms with Gasteiger partial charge in [0.2, 0.25) is 5.90 Å². The number of furan rings is 1. The molecule has 0 amide bonds. The van der Waals surface area contributed by atoms with E-state index >= 15 is 0 Å². The van der Waals surface area contributed by atoms with E-state index in [0.717, 1.165) is 0 Å². The van der Waals surface area contributed by atoms with Crippen LogP contribution in [0.5, 0.6) is 0 Å². The van der Waals surface area contributed by atoms with Crippen molar-refractivity contribution in [3.05, 3.63) is 63.1 Å². The van der Waals surface area contributed by atoms with Crippen LogP contribution in [0.3, 0.4) is 0 Å². The molecule has 1 aliphatic rings. The minimum Gasteiger partial charge on any atom is -0.450 e. The van der Waals surface area contributed by atoms with Crippen LogP contribution in [-0.2, 0) is 9.53 Å². The fraction of sp³-hybridized carbons (Fsp3) is 0. The molecular formula is C14H7BrClNO3. The Labute approximate surface area is 127 Å². The maximum atomic E-state index is 11.8. The van der Waals surface area contributed by atoms with E-state index in [0.29, 0.717) is 21.0 Å². The third kappa shape index (κ3) is 2.69. The molecule has 0 saturated heterocycles. The summed E-state index contributed by atoms with van der Waals surface area (Å²) in [5, 5.41) is 0.606. The molecule has 3 rings (SSSR count). The van der Waals surface area contributed by atoms with Gasteiger partial charge in [0.25, 0.3) is 0 Å². The largest absolute Gasteiger partial charge is 0.450 e. The van der Waals surface area contributed by atoms with Gasteiger partial charge in [-0.15, -0.1) is 0 Å². The lowest BCUT2D eigenvalue weighted by Gasteiger charge is -1.98. The van der Waals surface area contributed by atoms with Crippen LogP contribution in [0.1, 0.15) is 11.3 Å². The second-order valence-corrected chi connectivity index (χ2v) is 5.20.